The molecule has 0 aliphatic heterocycles. The molecule has 3 rings (SSSR count). The zero-order valence-corrected chi connectivity index (χ0v) is 16.1. The fourth-order valence-electron chi connectivity index (χ4n) is 3.68. The van der Waals surface area contributed by atoms with Gasteiger partial charge in [-0.15, -0.1) is 0 Å². The zero-order chi connectivity index (χ0) is 19.2. The van der Waals surface area contributed by atoms with Crippen molar-refractivity contribution in [3.63, 3.8) is 0 Å². The number of carbonyl (C=O) groups is 1. The lowest BCUT2D eigenvalue weighted by molar-refractivity contribution is 0.1000. The molecule has 1 amide bonds. The van der Waals surface area contributed by atoms with Crippen LogP contribution in [0.25, 0.3) is 11.3 Å². The molecule has 140 valence electrons. The first-order chi connectivity index (χ1) is 13.1. The first-order valence-corrected chi connectivity index (χ1v) is 9.60. The molecule has 0 fully saturated rings. The first kappa shape index (κ1) is 18.9. The Morgan fingerprint density at radius 1 is 1.07 bits per heavy atom. The van der Waals surface area contributed by atoms with E-state index in [1.165, 1.54) is 5.56 Å². The maximum absolute atomic E-state index is 12.3. The number of pyridine rings is 1. The topological polar surface area (TPSA) is 60.9 Å². The van der Waals surface area contributed by atoms with Crippen LogP contribution in [-0.2, 0) is 19.4 Å². The molecule has 4 heteroatoms. The molecule has 0 spiro atoms. The average molecular weight is 361 g/mol. The standard InChI is InChI=1S/C23H27N3O/c1-3-4-13-20-22(19-12-8-9-15-25-19)21(23(24)27)17(2)26(20)16-14-18-10-6-5-7-11-18/h5-12,15H,3-4,13-14,16H2,1-2H3,(H2,24,27). The number of aromatic nitrogens is 2. The highest BCUT2D eigenvalue weighted by molar-refractivity contribution is 6.01. The van der Waals surface area contributed by atoms with Crippen molar-refractivity contribution in [1.29, 1.82) is 0 Å². The van der Waals surface area contributed by atoms with Gasteiger partial charge in [0.25, 0.3) is 5.91 Å². The summed E-state index contributed by atoms with van der Waals surface area (Å²) in [6.07, 6.45) is 5.74. The third kappa shape index (κ3) is 4.11. The molecule has 0 bridgehead atoms. The van der Waals surface area contributed by atoms with Gasteiger partial charge in [-0.2, -0.15) is 0 Å². The van der Waals surface area contributed by atoms with E-state index in [4.69, 9.17) is 5.73 Å². The fourth-order valence-corrected chi connectivity index (χ4v) is 3.68. The predicted octanol–water partition coefficient (Wildman–Crippen LogP) is 4.54. The van der Waals surface area contributed by atoms with Crippen molar-refractivity contribution < 1.29 is 4.79 Å². The van der Waals surface area contributed by atoms with Crippen LogP contribution in [0, 0.1) is 6.92 Å². The second-order valence-corrected chi connectivity index (χ2v) is 6.85. The summed E-state index contributed by atoms with van der Waals surface area (Å²) in [7, 11) is 0. The summed E-state index contributed by atoms with van der Waals surface area (Å²) in [4.78, 5) is 16.8. The average Bonchev–Trinajstić information content (AvgIpc) is 2.97. The molecular formula is C23H27N3O. The van der Waals surface area contributed by atoms with Crippen LogP contribution in [0.4, 0.5) is 0 Å². The van der Waals surface area contributed by atoms with Gasteiger partial charge in [-0.1, -0.05) is 49.7 Å². The Kier molecular flexibility index (Phi) is 6.07. The van der Waals surface area contributed by atoms with E-state index in [2.05, 4.69) is 40.7 Å². The van der Waals surface area contributed by atoms with Gasteiger partial charge in [0.1, 0.15) is 0 Å². The van der Waals surface area contributed by atoms with E-state index in [1.54, 1.807) is 6.20 Å². The summed E-state index contributed by atoms with van der Waals surface area (Å²) in [5, 5.41) is 0. The van der Waals surface area contributed by atoms with E-state index >= 15 is 0 Å². The minimum atomic E-state index is -0.385. The lowest BCUT2D eigenvalue weighted by Gasteiger charge is -2.13. The Morgan fingerprint density at radius 2 is 1.81 bits per heavy atom. The highest BCUT2D eigenvalue weighted by Gasteiger charge is 2.25. The fraction of sp³-hybridized carbons (Fsp3) is 0.304. The van der Waals surface area contributed by atoms with Crippen LogP contribution in [0.1, 0.15) is 47.1 Å². The van der Waals surface area contributed by atoms with Gasteiger partial charge in [0.2, 0.25) is 0 Å². The summed E-state index contributed by atoms with van der Waals surface area (Å²) in [6.45, 7) is 4.99. The van der Waals surface area contributed by atoms with Crippen LogP contribution in [0.3, 0.4) is 0 Å². The van der Waals surface area contributed by atoms with Gasteiger partial charge in [-0.3, -0.25) is 9.78 Å². The van der Waals surface area contributed by atoms with Crippen LogP contribution in [0.15, 0.2) is 54.7 Å². The zero-order valence-electron chi connectivity index (χ0n) is 16.1. The van der Waals surface area contributed by atoms with Crippen molar-refractivity contribution in [3.05, 3.63) is 77.2 Å². The third-order valence-electron chi connectivity index (χ3n) is 5.03. The highest BCUT2D eigenvalue weighted by Crippen LogP contribution is 2.33. The predicted molar refractivity (Wildman–Crippen MR) is 110 cm³/mol. The minimum absolute atomic E-state index is 0.385. The first-order valence-electron chi connectivity index (χ1n) is 9.60. The summed E-state index contributed by atoms with van der Waals surface area (Å²) in [6, 6.07) is 16.2. The molecule has 27 heavy (non-hydrogen) atoms. The number of benzene rings is 1. The van der Waals surface area contributed by atoms with Crippen LogP contribution in [0.5, 0.6) is 0 Å². The monoisotopic (exact) mass is 361 g/mol. The van der Waals surface area contributed by atoms with E-state index in [0.717, 1.165) is 54.9 Å². The molecule has 0 saturated carbocycles. The summed E-state index contributed by atoms with van der Waals surface area (Å²) in [5.41, 5.74) is 11.5. The molecule has 2 N–H and O–H groups in total. The Morgan fingerprint density at radius 3 is 2.44 bits per heavy atom. The maximum Gasteiger partial charge on any atom is 0.251 e. The van der Waals surface area contributed by atoms with Crippen molar-refractivity contribution in [3.8, 4) is 11.3 Å². The number of carbonyl (C=O) groups excluding carboxylic acids is 1. The van der Waals surface area contributed by atoms with Gasteiger partial charge in [0.05, 0.1) is 11.3 Å². The summed E-state index contributed by atoms with van der Waals surface area (Å²) < 4.78 is 2.27. The van der Waals surface area contributed by atoms with Crippen LogP contribution in [-0.4, -0.2) is 15.5 Å². The van der Waals surface area contributed by atoms with E-state index < -0.39 is 0 Å². The summed E-state index contributed by atoms with van der Waals surface area (Å²) in [5.74, 6) is -0.385. The lowest BCUT2D eigenvalue weighted by Crippen LogP contribution is -2.14. The molecule has 0 radical (unpaired) electrons. The number of rotatable bonds is 8. The third-order valence-corrected chi connectivity index (χ3v) is 5.03. The Labute approximate surface area is 161 Å². The van der Waals surface area contributed by atoms with Gasteiger partial charge in [-0.05, 0) is 43.9 Å². The summed E-state index contributed by atoms with van der Waals surface area (Å²) >= 11 is 0. The van der Waals surface area contributed by atoms with E-state index in [0.29, 0.717) is 5.56 Å². The largest absolute Gasteiger partial charge is 0.366 e. The number of nitrogens with zero attached hydrogens (tertiary/aromatic N) is 2. The minimum Gasteiger partial charge on any atom is -0.366 e. The van der Waals surface area contributed by atoms with Gasteiger partial charge >= 0.3 is 0 Å². The number of aryl methyl sites for hydroxylation is 1. The molecule has 4 nitrogen and oxygen atoms in total. The van der Waals surface area contributed by atoms with Crippen LogP contribution in [0.2, 0.25) is 0 Å². The number of hydrogen-bond donors (Lipinski definition) is 1. The molecule has 0 saturated heterocycles. The normalized spacial score (nSPS) is 10.9. The van der Waals surface area contributed by atoms with Crippen molar-refractivity contribution in [1.82, 2.24) is 9.55 Å². The molecule has 1 aromatic carbocycles. The number of hydrogen-bond acceptors (Lipinski definition) is 2. The smallest absolute Gasteiger partial charge is 0.251 e. The Balaban J connectivity index is 2.09. The van der Waals surface area contributed by atoms with Crippen LogP contribution >= 0.6 is 0 Å². The molecule has 2 aromatic heterocycles. The molecule has 0 aliphatic rings. The highest BCUT2D eigenvalue weighted by atomic mass is 16.1. The van der Waals surface area contributed by atoms with E-state index in [1.807, 2.05) is 31.2 Å². The molecule has 3 aromatic rings. The second-order valence-electron chi connectivity index (χ2n) is 6.85. The molecule has 0 aliphatic carbocycles. The van der Waals surface area contributed by atoms with Gasteiger partial charge in [-0.25, -0.2) is 0 Å². The SMILES string of the molecule is CCCCc1c(-c2ccccn2)c(C(N)=O)c(C)n1CCc1ccccc1. The lowest BCUT2D eigenvalue weighted by atomic mass is 10.0. The second kappa shape index (κ2) is 8.67. The van der Waals surface area contributed by atoms with Crippen LogP contribution < -0.4 is 5.73 Å². The Hall–Kier alpha value is -2.88. The molecule has 2 heterocycles. The van der Waals surface area contributed by atoms with Crippen molar-refractivity contribution >= 4 is 5.91 Å². The van der Waals surface area contributed by atoms with E-state index in [-0.39, 0.29) is 5.91 Å². The van der Waals surface area contributed by atoms with Crippen molar-refractivity contribution in [2.24, 2.45) is 5.73 Å². The number of amides is 1. The molecule has 0 atom stereocenters. The number of nitrogens with two attached hydrogens (primary N) is 1. The molecular weight excluding hydrogens is 334 g/mol. The number of primary amides is 1. The molecule has 0 unspecified atom stereocenters. The van der Waals surface area contributed by atoms with Crippen molar-refractivity contribution in [2.45, 2.75) is 46.1 Å². The maximum atomic E-state index is 12.3. The van der Waals surface area contributed by atoms with Gasteiger partial charge < -0.3 is 10.3 Å². The Bertz CT molecular complexity index is 898. The van der Waals surface area contributed by atoms with E-state index in [9.17, 15) is 4.79 Å². The number of unbranched alkanes of at least 4 members (excludes halogenated alkanes) is 1. The van der Waals surface area contributed by atoms with Gasteiger partial charge in [0.15, 0.2) is 0 Å². The van der Waals surface area contributed by atoms with Gasteiger partial charge in [0, 0.05) is 29.7 Å². The van der Waals surface area contributed by atoms with Crippen molar-refractivity contribution in [2.75, 3.05) is 0 Å². The quantitative estimate of drug-likeness (QED) is 0.640.